The Bertz CT molecular complexity index is 824. The summed E-state index contributed by atoms with van der Waals surface area (Å²) in [6, 6.07) is 15.8. The van der Waals surface area contributed by atoms with Crippen molar-refractivity contribution >= 4 is 35.8 Å². The van der Waals surface area contributed by atoms with Crippen molar-refractivity contribution in [2.75, 3.05) is 33.8 Å². The third-order valence-corrected chi connectivity index (χ3v) is 4.54. The second-order valence-corrected chi connectivity index (χ2v) is 7.00. The molecule has 0 aliphatic carbocycles. The molecule has 0 heterocycles. The third kappa shape index (κ3) is 8.22. The van der Waals surface area contributed by atoms with E-state index in [1.807, 2.05) is 42.5 Å². The molecule has 0 fully saturated rings. The van der Waals surface area contributed by atoms with Crippen LogP contribution in [0.15, 0.2) is 53.5 Å². The normalized spacial score (nSPS) is 10.9. The summed E-state index contributed by atoms with van der Waals surface area (Å²) >= 11 is 0. The first-order chi connectivity index (χ1) is 14.0. The van der Waals surface area contributed by atoms with Gasteiger partial charge < -0.3 is 20.7 Å². The first-order valence-electron chi connectivity index (χ1n) is 10.0. The van der Waals surface area contributed by atoms with E-state index in [2.05, 4.69) is 40.9 Å². The highest BCUT2D eigenvalue weighted by Crippen LogP contribution is 2.25. The highest BCUT2D eigenvalue weighted by molar-refractivity contribution is 14.0. The van der Waals surface area contributed by atoms with E-state index >= 15 is 0 Å². The van der Waals surface area contributed by atoms with Crippen LogP contribution < -0.4 is 20.7 Å². The zero-order chi connectivity index (χ0) is 21.1. The molecule has 30 heavy (non-hydrogen) atoms. The molecule has 0 aromatic heterocycles. The van der Waals surface area contributed by atoms with Gasteiger partial charge >= 0.3 is 0 Å². The summed E-state index contributed by atoms with van der Waals surface area (Å²) in [6.07, 6.45) is 0.795. The minimum Gasteiger partial charge on any atom is -0.491 e. The largest absolute Gasteiger partial charge is 0.491 e. The summed E-state index contributed by atoms with van der Waals surface area (Å²) in [5.41, 5.74) is 2.99. The Labute approximate surface area is 196 Å². The van der Waals surface area contributed by atoms with Crippen molar-refractivity contribution in [3.63, 3.8) is 0 Å². The second kappa shape index (κ2) is 13.8. The van der Waals surface area contributed by atoms with Crippen molar-refractivity contribution in [3.8, 4) is 5.75 Å². The molecule has 0 bridgehead atoms. The standard InChI is InChI=1S/C23H32N4O2.HI/c1-17(2)20-10-5-6-11-21(20)29-15-14-27-23(25-4)26-13-12-18-8-7-9-19(16-18)22(28)24-3;/h5-11,16-17H,12-15H2,1-4H3,(H,24,28)(H2,25,26,27);1H. The fourth-order valence-electron chi connectivity index (χ4n) is 2.98. The molecule has 2 aromatic rings. The van der Waals surface area contributed by atoms with Crippen LogP contribution in [0.2, 0.25) is 0 Å². The summed E-state index contributed by atoms with van der Waals surface area (Å²) in [7, 11) is 3.38. The van der Waals surface area contributed by atoms with Crippen molar-refractivity contribution < 1.29 is 9.53 Å². The molecule has 2 aromatic carbocycles. The Morgan fingerprint density at radius 2 is 1.80 bits per heavy atom. The lowest BCUT2D eigenvalue weighted by Gasteiger charge is -2.15. The SMILES string of the molecule is CN=C(NCCOc1ccccc1C(C)C)NCCc1cccc(C(=O)NC)c1.I. The maximum absolute atomic E-state index is 11.7. The number of carbonyl (C=O) groups is 1. The highest BCUT2D eigenvalue weighted by atomic mass is 127. The molecule has 2 rings (SSSR count). The molecule has 0 spiro atoms. The van der Waals surface area contributed by atoms with Crippen LogP contribution in [0.25, 0.3) is 0 Å². The van der Waals surface area contributed by atoms with Gasteiger partial charge in [0.1, 0.15) is 12.4 Å². The molecule has 0 unspecified atom stereocenters. The fourth-order valence-corrected chi connectivity index (χ4v) is 2.98. The van der Waals surface area contributed by atoms with Gasteiger partial charge in [0, 0.05) is 26.2 Å². The number of carbonyl (C=O) groups excluding carboxylic acids is 1. The van der Waals surface area contributed by atoms with Gasteiger partial charge in [-0.2, -0.15) is 0 Å². The van der Waals surface area contributed by atoms with Crippen molar-refractivity contribution in [1.82, 2.24) is 16.0 Å². The maximum atomic E-state index is 11.7. The zero-order valence-corrected chi connectivity index (χ0v) is 20.5. The van der Waals surface area contributed by atoms with Gasteiger partial charge in [-0.15, -0.1) is 24.0 Å². The van der Waals surface area contributed by atoms with E-state index in [0.29, 0.717) is 31.2 Å². The number of benzene rings is 2. The molecular weight excluding hydrogens is 491 g/mol. The van der Waals surface area contributed by atoms with Crippen LogP contribution >= 0.6 is 24.0 Å². The minimum atomic E-state index is -0.0728. The van der Waals surface area contributed by atoms with E-state index in [0.717, 1.165) is 23.7 Å². The summed E-state index contributed by atoms with van der Waals surface area (Å²) < 4.78 is 5.93. The van der Waals surface area contributed by atoms with E-state index in [9.17, 15) is 4.79 Å². The topological polar surface area (TPSA) is 74.8 Å². The van der Waals surface area contributed by atoms with Crippen molar-refractivity contribution in [2.24, 2.45) is 4.99 Å². The number of nitrogens with one attached hydrogen (secondary N) is 3. The first kappa shape index (κ1) is 25.7. The summed E-state index contributed by atoms with van der Waals surface area (Å²) in [6.45, 7) is 6.25. The summed E-state index contributed by atoms with van der Waals surface area (Å²) in [5, 5.41) is 9.20. The average Bonchev–Trinajstić information content (AvgIpc) is 2.75. The molecule has 6 nitrogen and oxygen atoms in total. The molecule has 7 heteroatoms. The molecule has 3 N–H and O–H groups in total. The molecule has 0 aliphatic heterocycles. The van der Waals surface area contributed by atoms with Gasteiger partial charge in [-0.05, 0) is 41.7 Å². The van der Waals surface area contributed by atoms with E-state index in [1.54, 1.807) is 14.1 Å². The lowest BCUT2D eigenvalue weighted by atomic mass is 10.0. The Hall–Kier alpha value is -2.29. The Kier molecular flexibility index (Phi) is 11.9. The third-order valence-electron chi connectivity index (χ3n) is 4.54. The van der Waals surface area contributed by atoms with Crippen LogP contribution in [0.1, 0.15) is 41.3 Å². The Morgan fingerprint density at radius 3 is 2.50 bits per heavy atom. The monoisotopic (exact) mass is 524 g/mol. The number of hydrogen-bond acceptors (Lipinski definition) is 3. The lowest BCUT2D eigenvalue weighted by Crippen LogP contribution is -2.40. The molecule has 0 radical (unpaired) electrons. The van der Waals surface area contributed by atoms with Crippen LogP contribution in [0, 0.1) is 0 Å². The number of para-hydroxylation sites is 1. The molecule has 1 amide bonds. The number of ether oxygens (including phenoxy) is 1. The number of hydrogen-bond donors (Lipinski definition) is 3. The number of guanidine groups is 1. The van der Waals surface area contributed by atoms with Crippen LogP contribution in [-0.4, -0.2) is 45.7 Å². The van der Waals surface area contributed by atoms with Crippen LogP contribution in [0.5, 0.6) is 5.75 Å². The Morgan fingerprint density at radius 1 is 1.07 bits per heavy atom. The quantitative estimate of drug-likeness (QED) is 0.203. The number of aliphatic imine (C=N–C) groups is 1. The molecule has 0 atom stereocenters. The van der Waals surface area contributed by atoms with Crippen LogP contribution in [0.3, 0.4) is 0 Å². The van der Waals surface area contributed by atoms with Crippen molar-refractivity contribution in [2.45, 2.75) is 26.2 Å². The van der Waals surface area contributed by atoms with Gasteiger partial charge in [-0.25, -0.2) is 0 Å². The second-order valence-electron chi connectivity index (χ2n) is 7.00. The van der Waals surface area contributed by atoms with Gasteiger partial charge in [0.05, 0.1) is 6.54 Å². The van der Waals surface area contributed by atoms with E-state index in [-0.39, 0.29) is 29.9 Å². The average molecular weight is 524 g/mol. The number of nitrogens with zero attached hydrogens (tertiary/aromatic N) is 1. The van der Waals surface area contributed by atoms with E-state index in [4.69, 9.17) is 4.74 Å². The molecule has 0 saturated carbocycles. The van der Waals surface area contributed by atoms with Gasteiger partial charge in [0.15, 0.2) is 5.96 Å². The van der Waals surface area contributed by atoms with Crippen molar-refractivity contribution in [1.29, 1.82) is 0 Å². The fraction of sp³-hybridized carbons (Fsp3) is 0.391. The smallest absolute Gasteiger partial charge is 0.251 e. The van der Waals surface area contributed by atoms with E-state index < -0.39 is 0 Å². The van der Waals surface area contributed by atoms with Gasteiger partial charge in [-0.3, -0.25) is 9.79 Å². The highest BCUT2D eigenvalue weighted by Gasteiger charge is 2.07. The molecule has 164 valence electrons. The lowest BCUT2D eigenvalue weighted by molar-refractivity contribution is 0.0963. The summed E-state index contributed by atoms with van der Waals surface area (Å²) in [5.74, 6) is 2.02. The molecular formula is C23H33IN4O2. The van der Waals surface area contributed by atoms with Gasteiger partial charge in [0.2, 0.25) is 0 Å². The maximum Gasteiger partial charge on any atom is 0.251 e. The predicted molar refractivity (Wildman–Crippen MR) is 134 cm³/mol. The van der Waals surface area contributed by atoms with Crippen LogP contribution in [0.4, 0.5) is 0 Å². The molecule has 0 aliphatic rings. The first-order valence-corrected chi connectivity index (χ1v) is 10.0. The van der Waals surface area contributed by atoms with Crippen LogP contribution in [-0.2, 0) is 6.42 Å². The number of amides is 1. The molecule has 0 saturated heterocycles. The van der Waals surface area contributed by atoms with E-state index in [1.165, 1.54) is 5.56 Å². The summed E-state index contributed by atoms with van der Waals surface area (Å²) in [4.78, 5) is 16.0. The zero-order valence-electron chi connectivity index (χ0n) is 18.2. The van der Waals surface area contributed by atoms with Gasteiger partial charge in [-0.1, -0.05) is 44.2 Å². The number of halogens is 1. The van der Waals surface area contributed by atoms with Gasteiger partial charge in [0.25, 0.3) is 5.91 Å². The minimum absolute atomic E-state index is 0. The Balaban J connectivity index is 0.00000450. The predicted octanol–water partition coefficient (Wildman–Crippen LogP) is 3.57. The number of rotatable bonds is 9. The van der Waals surface area contributed by atoms with Crippen molar-refractivity contribution in [3.05, 3.63) is 65.2 Å².